The van der Waals surface area contributed by atoms with Crippen molar-refractivity contribution in [2.24, 2.45) is 13.0 Å². The third kappa shape index (κ3) is 4.61. The number of aromatic nitrogens is 2. The van der Waals surface area contributed by atoms with Gasteiger partial charge in [-0.15, -0.1) is 0 Å². The molecule has 5 rings (SSSR count). The van der Waals surface area contributed by atoms with Crippen molar-refractivity contribution in [1.29, 1.82) is 5.26 Å². The minimum atomic E-state index is -0.265. The molecule has 3 heterocycles. The van der Waals surface area contributed by atoms with E-state index in [0.29, 0.717) is 28.6 Å². The standard InChI is InChI=1S/C30H35N5O2/c1-19-25(33-28(36)22-11-7-8-20(14-22)16-31)17-32-27-26(19)24(18-34(27)4)23-12-13-35(30(2,3)15-23)29(37)21-9-5-6-10-21/h7-8,11,14,17-18,21,23H,5-6,9-10,12-13,15H2,1-4H3,(H,33,36). The molecular formula is C30H35N5O2. The number of carbonyl (C=O) groups excluding carboxylic acids is 2. The number of aryl methyl sites for hydroxylation is 2. The second kappa shape index (κ2) is 9.66. The number of likely N-dealkylation sites (tertiary alicyclic amines) is 1. The Morgan fingerprint density at radius 1 is 1.19 bits per heavy atom. The predicted molar refractivity (Wildman–Crippen MR) is 144 cm³/mol. The van der Waals surface area contributed by atoms with E-state index in [1.165, 1.54) is 5.56 Å². The van der Waals surface area contributed by atoms with Gasteiger partial charge in [-0.3, -0.25) is 9.59 Å². The number of carbonyl (C=O) groups is 2. The molecule has 1 unspecified atom stereocenters. The molecule has 1 aromatic carbocycles. The minimum absolute atomic E-state index is 0.194. The maximum Gasteiger partial charge on any atom is 0.255 e. The molecule has 1 saturated heterocycles. The number of benzene rings is 1. The highest BCUT2D eigenvalue weighted by Gasteiger charge is 2.41. The van der Waals surface area contributed by atoms with Crippen molar-refractivity contribution in [2.45, 2.75) is 70.8 Å². The van der Waals surface area contributed by atoms with Crippen LogP contribution in [0.2, 0.25) is 0 Å². The molecule has 0 bridgehead atoms. The predicted octanol–water partition coefficient (Wildman–Crippen LogP) is 5.68. The zero-order chi connectivity index (χ0) is 26.3. The average Bonchev–Trinajstić information content (AvgIpc) is 3.53. The highest BCUT2D eigenvalue weighted by molar-refractivity contribution is 6.06. The number of amides is 2. The van der Waals surface area contributed by atoms with Gasteiger partial charge in [0.15, 0.2) is 0 Å². The molecule has 37 heavy (non-hydrogen) atoms. The summed E-state index contributed by atoms with van der Waals surface area (Å²) in [4.78, 5) is 33.1. The number of fused-ring (bicyclic) bond motifs is 1. The summed E-state index contributed by atoms with van der Waals surface area (Å²) in [5, 5.41) is 13.3. The van der Waals surface area contributed by atoms with Gasteiger partial charge in [-0.1, -0.05) is 18.9 Å². The summed E-state index contributed by atoms with van der Waals surface area (Å²) in [6.45, 7) is 7.19. The number of hydrogen-bond donors (Lipinski definition) is 1. The van der Waals surface area contributed by atoms with Crippen LogP contribution < -0.4 is 5.32 Å². The van der Waals surface area contributed by atoms with Gasteiger partial charge in [0.05, 0.1) is 23.5 Å². The van der Waals surface area contributed by atoms with Crippen LogP contribution in [0.1, 0.15) is 85.3 Å². The smallest absolute Gasteiger partial charge is 0.255 e. The number of pyridine rings is 1. The van der Waals surface area contributed by atoms with Crippen LogP contribution in [0.4, 0.5) is 5.69 Å². The van der Waals surface area contributed by atoms with E-state index in [-0.39, 0.29) is 17.4 Å². The Labute approximate surface area is 218 Å². The van der Waals surface area contributed by atoms with E-state index < -0.39 is 0 Å². The molecule has 1 aliphatic carbocycles. The monoisotopic (exact) mass is 497 g/mol. The quantitative estimate of drug-likeness (QED) is 0.502. The molecule has 1 atom stereocenters. The Morgan fingerprint density at radius 3 is 2.65 bits per heavy atom. The van der Waals surface area contributed by atoms with Gasteiger partial charge in [-0.05, 0) is 81.7 Å². The van der Waals surface area contributed by atoms with Crippen molar-refractivity contribution in [2.75, 3.05) is 11.9 Å². The fourth-order valence-electron chi connectivity index (χ4n) is 6.37. The van der Waals surface area contributed by atoms with Crippen molar-refractivity contribution < 1.29 is 9.59 Å². The summed E-state index contributed by atoms with van der Waals surface area (Å²) in [7, 11) is 2.01. The molecule has 7 heteroatoms. The van der Waals surface area contributed by atoms with Crippen molar-refractivity contribution >= 4 is 28.5 Å². The van der Waals surface area contributed by atoms with E-state index in [4.69, 9.17) is 4.98 Å². The first-order valence-electron chi connectivity index (χ1n) is 13.3. The fraction of sp³-hybridized carbons (Fsp3) is 0.467. The van der Waals surface area contributed by atoms with Gasteiger partial charge in [0.1, 0.15) is 5.65 Å². The molecule has 7 nitrogen and oxygen atoms in total. The molecule has 0 radical (unpaired) electrons. The summed E-state index contributed by atoms with van der Waals surface area (Å²) >= 11 is 0. The third-order valence-corrected chi connectivity index (χ3v) is 8.36. The molecular weight excluding hydrogens is 462 g/mol. The number of anilines is 1. The largest absolute Gasteiger partial charge is 0.337 e. The van der Waals surface area contributed by atoms with Gasteiger partial charge in [0.2, 0.25) is 5.91 Å². The number of rotatable bonds is 4. The molecule has 2 fully saturated rings. The lowest BCUT2D eigenvalue weighted by Gasteiger charge is -2.46. The highest BCUT2D eigenvalue weighted by Crippen LogP contribution is 2.43. The second-order valence-electron chi connectivity index (χ2n) is 11.3. The van der Waals surface area contributed by atoms with Crippen LogP contribution in [-0.4, -0.2) is 38.3 Å². The van der Waals surface area contributed by atoms with Gasteiger partial charge < -0.3 is 14.8 Å². The van der Waals surface area contributed by atoms with E-state index in [1.807, 2.05) is 14.0 Å². The van der Waals surface area contributed by atoms with Crippen LogP contribution in [0, 0.1) is 24.2 Å². The Morgan fingerprint density at radius 2 is 1.95 bits per heavy atom. The first kappa shape index (κ1) is 25.0. The van der Waals surface area contributed by atoms with E-state index in [2.05, 4.69) is 40.9 Å². The summed E-state index contributed by atoms with van der Waals surface area (Å²) in [5.41, 5.74) is 4.43. The van der Waals surface area contributed by atoms with Gasteiger partial charge in [-0.2, -0.15) is 5.26 Å². The van der Waals surface area contributed by atoms with Crippen LogP contribution >= 0.6 is 0 Å². The molecule has 2 aromatic heterocycles. The van der Waals surface area contributed by atoms with E-state index in [9.17, 15) is 14.9 Å². The third-order valence-electron chi connectivity index (χ3n) is 8.36. The van der Waals surface area contributed by atoms with Crippen molar-refractivity contribution in [3.8, 4) is 6.07 Å². The molecule has 2 amide bonds. The summed E-state index contributed by atoms with van der Waals surface area (Å²) < 4.78 is 2.06. The number of hydrogen-bond acceptors (Lipinski definition) is 4. The van der Waals surface area contributed by atoms with Crippen LogP contribution in [0.15, 0.2) is 36.7 Å². The Hall–Kier alpha value is -3.66. The van der Waals surface area contributed by atoms with Gasteiger partial charge in [0.25, 0.3) is 5.91 Å². The van der Waals surface area contributed by atoms with Crippen LogP contribution in [-0.2, 0) is 11.8 Å². The summed E-state index contributed by atoms with van der Waals surface area (Å²) in [6.07, 6.45) is 10.1. The van der Waals surface area contributed by atoms with Gasteiger partial charge >= 0.3 is 0 Å². The molecule has 1 saturated carbocycles. The Balaban J connectivity index is 1.43. The van der Waals surface area contributed by atoms with E-state index >= 15 is 0 Å². The lowest BCUT2D eigenvalue weighted by molar-refractivity contribution is -0.143. The van der Waals surface area contributed by atoms with Crippen molar-refractivity contribution in [1.82, 2.24) is 14.5 Å². The first-order chi connectivity index (χ1) is 17.7. The molecule has 1 N–H and O–H groups in total. The zero-order valence-corrected chi connectivity index (χ0v) is 22.2. The fourth-order valence-corrected chi connectivity index (χ4v) is 6.37. The first-order valence-corrected chi connectivity index (χ1v) is 13.3. The van der Waals surface area contributed by atoms with E-state index in [0.717, 1.165) is 61.7 Å². The minimum Gasteiger partial charge on any atom is -0.337 e. The Bertz CT molecular complexity index is 1410. The van der Waals surface area contributed by atoms with Crippen molar-refractivity contribution in [3.05, 3.63) is 58.9 Å². The van der Waals surface area contributed by atoms with Gasteiger partial charge in [-0.25, -0.2) is 4.98 Å². The lowest BCUT2D eigenvalue weighted by Crippen LogP contribution is -2.53. The Kier molecular flexibility index (Phi) is 6.53. The van der Waals surface area contributed by atoms with Crippen LogP contribution in [0.5, 0.6) is 0 Å². The van der Waals surface area contributed by atoms with Crippen molar-refractivity contribution in [3.63, 3.8) is 0 Å². The molecule has 3 aromatic rings. The van der Waals surface area contributed by atoms with E-state index in [1.54, 1.807) is 30.5 Å². The average molecular weight is 498 g/mol. The number of nitrogens with one attached hydrogen (secondary N) is 1. The lowest BCUT2D eigenvalue weighted by atomic mass is 9.78. The number of piperidine rings is 1. The summed E-state index contributed by atoms with van der Waals surface area (Å²) in [5.74, 6) is 0.561. The number of nitriles is 1. The SMILES string of the molecule is Cc1c(NC(=O)c2cccc(C#N)c2)cnc2c1c(C1CCN(C(=O)C3CCCC3)C(C)(C)C1)cn2C. The van der Waals surface area contributed by atoms with Crippen LogP contribution in [0.3, 0.4) is 0 Å². The highest BCUT2D eigenvalue weighted by atomic mass is 16.2. The molecule has 0 spiro atoms. The molecule has 2 aliphatic rings. The van der Waals surface area contributed by atoms with Gasteiger partial charge in [0, 0.05) is 42.2 Å². The molecule has 1 aliphatic heterocycles. The second-order valence-corrected chi connectivity index (χ2v) is 11.3. The topological polar surface area (TPSA) is 91.0 Å². The summed E-state index contributed by atoms with van der Waals surface area (Å²) in [6, 6.07) is 8.77. The maximum atomic E-state index is 13.3. The van der Waals surface area contributed by atoms with Crippen LogP contribution in [0.25, 0.3) is 11.0 Å². The number of nitrogens with zero attached hydrogens (tertiary/aromatic N) is 4. The molecule has 192 valence electrons. The normalized spacial score (nSPS) is 19.6. The zero-order valence-electron chi connectivity index (χ0n) is 22.2. The maximum absolute atomic E-state index is 13.3.